The molecule has 1 N–H and O–H groups in total. The SMILES string of the molecule is O=C(Nc1cnc(-c2ccccc2)nc1)c1csc(Br)c1. The Morgan fingerprint density at radius 2 is 1.86 bits per heavy atom. The molecule has 3 aromatic rings. The normalized spacial score (nSPS) is 10.3. The molecule has 0 saturated heterocycles. The van der Waals surface area contributed by atoms with Crippen molar-refractivity contribution >= 4 is 38.9 Å². The van der Waals surface area contributed by atoms with E-state index in [1.807, 2.05) is 30.3 Å². The van der Waals surface area contributed by atoms with Crippen LogP contribution < -0.4 is 5.32 Å². The van der Waals surface area contributed by atoms with Gasteiger partial charge in [-0.1, -0.05) is 30.3 Å². The number of anilines is 1. The van der Waals surface area contributed by atoms with Crippen LogP contribution in [0.4, 0.5) is 5.69 Å². The molecular weight excluding hydrogens is 350 g/mol. The summed E-state index contributed by atoms with van der Waals surface area (Å²) in [5.74, 6) is 0.458. The first-order chi connectivity index (χ1) is 10.2. The Morgan fingerprint density at radius 1 is 1.14 bits per heavy atom. The fourth-order valence-electron chi connectivity index (χ4n) is 1.76. The number of carbonyl (C=O) groups excluding carboxylic acids is 1. The highest BCUT2D eigenvalue weighted by atomic mass is 79.9. The lowest BCUT2D eigenvalue weighted by atomic mass is 10.2. The van der Waals surface area contributed by atoms with Crippen molar-refractivity contribution in [3.05, 3.63) is 63.5 Å². The van der Waals surface area contributed by atoms with E-state index in [1.165, 1.54) is 11.3 Å². The van der Waals surface area contributed by atoms with Crippen molar-refractivity contribution in [2.45, 2.75) is 0 Å². The summed E-state index contributed by atoms with van der Waals surface area (Å²) in [7, 11) is 0. The first-order valence-electron chi connectivity index (χ1n) is 6.15. The van der Waals surface area contributed by atoms with Gasteiger partial charge in [-0.15, -0.1) is 11.3 Å². The minimum absolute atomic E-state index is 0.173. The molecule has 0 spiro atoms. The van der Waals surface area contributed by atoms with E-state index < -0.39 is 0 Å². The molecule has 1 amide bonds. The van der Waals surface area contributed by atoms with Crippen LogP contribution in [-0.2, 0) is 0 Å². The minimum atomic E-state index is -0.173. The van der Waals surface area contributed by atoms with Crippen LogP contribution in [0.25, 0.3) is 11.4 Å². The van der Waals surface area contributed by atoms with E-state index in [0.29, 0.717) is 17.1 Å². The van der Waals surface area contributed by atoms with Crippen LogP contribution in [0.1, 0.15) is 10.4 Å². The zero-order chi connectivity index (χ0) is 14.7. The molecule has 0 aliphatic carbocycles. The van der Waals surface area contributed by atoms with Crippen molar-refractivity contribution in [2.24, 2.45) is 0 Å². The van der Waals surface area contributed by atoms with Gasteiger partial charge in [0.05, 0.1) is 27.4 Å². The van der Waals surface area contributed by atoms with Gasteiger partial charge in [-0.2, -0.15) is 0 Å². The summed E-state index contributed by atoms with van der Waals surface area (Å²) in [6, 6.07) is 11.5. The second-order valence-electron chi connectivity index (χ2n) is 4.25. The summed E-state index contributed by atoms with van der Waals surface area (Å²) in [5.41, 5.74) is 2.12. The Bertz CT molecular complexity index is 756. The molecule has 0 saturated carbocycles. The third-order valence-electron chi connectivity index (χ3n) is 2.77. The predicted molar refractivity (Wildman–Crippen MR) is 87.4 cm³/mol. The number of nitrogens with one attached hydrogen (secondary N) is 1. The van der Waals surface area contributed by atoms with E-state index in [1.54, 1.807) is 23.8 Å². The van der Waals surface area contributed by atoms with Gasteiger partial charge in [0.25, 0.3) is 5.91 Å². The maximum Gasteiger partial charge on any atom is 0.256 e. The van der Waals surface area contributed by atoms with Crippen LogP contribution in [0.15, 0.2) is 58.0 Å². The topological polar surface area (TPSA) is 54.9 Å². The molecule has 2 heterocycles. The first kappa shape index (κ1) is 13.9. The molecule has 1 aromatic carbocycles. The fraction of sp³-hybridized carbons (Fsp3) is 0. The number of carbonyl (C=O) groups is 1. The van der Waals surface area contributed by atoms with Crippen LogP contribution in [0, 0.1) is 0 Å². The summed E-state index contributed by atoms with van der Waals surface area (Å²) >= 11 is 4.80. The highest BCUT2D eigenvalue weighted by molar-refractivity contribution is 9.11. The Morgan fingerprint density at radius 3 is 2.48 bits per heavy atom. The molecule has 6 heteroatoms. The molecule has 21 heavy (non-hydrogen) atoms. The maximum absolute atomic E-state index is 12.0. The fourth-order valence-corrected chi connectivity index (χ4v) is 2.90. The Labute approximate surface area is 134 Å². The third kappa shape index (κ3) is 3.34. The third-order valence-corrected chi connectivity index (χ3v) is 4.28. The van der Waals surface area contributed by atoms with Crippen LogP contribution in [0.5, 0.6) is 0 Å². The van der Waals surface area contributed by atoms with Crippen LogP contribution in [0.2, 0.25) is 0 Å². The molecule has 104 valence electrons. The number of aromatic nitrogens is 2. The number of nitrogens with zero attached hydrogens (tertiary/aromatic N) is 2. The maximum atomic E-state index is 12.0. The Balaban J connectivity index is 1.74. The Kier molecular flexibility index (Phi) is 4.08. The molecule has 0 bridgehead atoms. The standard InChI is InChI=1S/C15H10BrN3OS/c16-13-6-11(9-21-13)15(20)19-12-7-17-14(18-8-12)10-4-2-1-3-5-10/h1-9H,(H,19,20). The predicted octanol–water partition coefficient (Wildman–Crippen LogP) is 4.22. The largest absolute Gasteiger partial charge is 0.319 e. The molecule has 0 atom stereocenters. The van der Waals surface area contributed by atoms with Gasteiger partial charge in [0.2, 0.25) is 0 Å². The van der Waals surface area contributed by atoms with Crippen molar-refractivity contribution in [1.29, 1.82) is 0 Å². The number of hydrogen-bond donors (Lipinski definition) is 1. The number of amides is 1. The molecule has 0 unspecified atom stereocenters. The second-order valence-corrected chi connectivity index (χ2v) is 6.55. The van der Waals surface area contributed by atoms with Crippen LogP contribution in [0.3, 0.4) is 0 Å². The average Bonchev–Trinajstić information content (AvgIpc) is 2.96. The molecule has 3 rings (SSSR count). The highest BCUT2D eigenvalue weighted by Crippen LogP contribution is 2.21. The van der Waals surface area contributed by atoms with E-state index in [2.05, 4.69) is 31.2 Å². The Hall–Kier alpha value is -2.05. The lowest BCUT2D eigenvalue weighted by molar-refractivity contribution is 0.102. The van der Waals surface area contributed by atoms with E-state index in [4.69, 9.17) is 0 Å². The molecule has 0 aliphatic heterocycles. The van der Waals surface area contributed by atoms with Gasteiger partial charge in [-0.25, -0.2) is 9.97 Å². The van der Waals surface area contributed by atoms with Gasteiger partial charge in [0, 0.05) is 10.9 Å². The number of benzene rings is 1. The minimum Gasteiger partial charge on any atom is -0.319 e. The van der Waals surface area contributed by atoms with Crippen molar-refractivity contribution < 1.29 is 4.79 Å². The zero-order valence-corrected chi connectivity index (χ0v) is 13.2. The van der Waals surface area contributed by atoms with E-state index in [0.717, 1.165) is 9.35 Å². The second kappa shape index (κ2) is 6.15. The van der Waals surface area contributed by atoms with Crippen LogP contribution in [-0.4, -0.2) is 15.9 Å². The quantitative estimate of drug-likeness (QED) is 0.761. The van der Waals surface area contributed by atoms with Crippen molar-refractivity contribution in [3.63, 3.8) is 0 Å². The number of thiophene rings is 1. The van der Waals surface area contributed by atoms with E-state index >= 15 is 0 Å². The van der Waals surface area contributed by atoms with Gasteiger partial charge in [-0.05, 0) is 22.0 Å². The van der Waals surface area contributed by atoms with Gasteiger partial charge in [0.15, 0.2) is 5.82 Å². The molecule has 0 radical (unpaired) electrons. The van der Waals surface area contributed by atoms with Crippen molar-refractivity contribution in [3.8, 4) is 11.4 Å². The summed E-state index contributed by atoms with van der Waals surface area (Å²) < 4.78 is 0.920. The zero-order valence-electron chi connectivity index (χ0n) is 10.8. The first-order valence-corrected chi connectivity index (χ1v) is 7.82. The smallest absolute Gasteiger partial charge is 0.256 e. The summed E-state index contributed by atoms with van der Waals surface area (Å²) in [6.45, 7) is 0. The van der Waals surface area contributed by atoms with Gasteiger partial charge in [0.1, 0.15) is 0 Å². The van der Waals surface area contributed by atoms with Gasteiger partial charge < -0.3 is 5.32 Å². The number of halogens is 1. The number of rotatable bonds is 3. The molecule has 0 aliphatic rings. The monoisotopic (exact) mass is 359 g/mol. The molecule has 4 nitrogen and oxygen atoms in total. The highest BCUT2D eigenvalue weighted by Gasteiger charge is 2.09. The lowest BCUT2D eigenvalue weighted by Gasteiger charge is -2.04. The molecule has 0 fully saturated rings. The van der Waals surface area contributed by atoms with Crippen LogP contribution >= 0.6 is 27.3 Å². The molecular formula is C15H10BrN3OS. The molecule has 2 aromatic heterocycles. The van der Waals surface area contributed by atoms with Gasteiger partial charge in [-0.3, -0.25) is 4.79 Å². The van der Waals surface area contributed by atoms with Crippen molar-refractivity contribution in [2.75, 3.05) is 5.32 Å². The lowest BCUT2D eigenvalue weighted by Crippen LogP contribution is -2.11. The van der Waals surface area contributed by atoms with E-state index in [-0.39, 0.29) is 5.91 Å². The van der Waals surface area contributed by atoms with E-state index in [9.17, 15) is 4.79 Å². The summed E-state index contributed by atoms with van der Waals surface area (Å²) in [6.07, 6.45) is 3.21. The van der Waals surface area contributed by atoms with Crippen molar-refractivity contribution in [1.82, 2.24) is 9.97 Å². The summed E-state index contributed by atoms with van der Waals surface area (Å²) in [4.78, 5) is 20.5. The average molecular weight is 360 g/mol. The summed E-state index contributed by atoms with van der Waals surface area (Å²) in [5, 5.41) is 4.56. The number of hydrogen-bond acceptors (Lipinski definition) is 4. The van der Waals surface area contributed by atoms with Gasteiger partial charge >= 0.3 is 0 Å².